The van der Waals surface area contributed by atoms with Gasteiger partial charge in [0.05, 0.1) is 40.6 Å². The van der Waals surface area contributed by atoms with Crippen LogP contribution in [0.4, 0.5) is 0 Å². The predicted molar refractivity (Wildman–Crippen MR) is 117 cm³/mol. The molecule has 0 aliphatic rings. The van der Waals surface area contributed by atoms with E-state index in [4.69, 9.17) is 9.47 Å². The fourth-order valence-electron chi connectivity index (χ4n) is 2.89. The quantitative estimate of drug-likeness (QED) is 0.333. The second kappa shape index (κ2) is 12.5. The second-order valence-corrected chi connectivity index (χ2v) is 8.45. The van der Waals surface area contributed by atoms with E-state index in [1.807, 2.05) is 6.92 Å². The molecule has 0 fully saturated rings. The van der Waals surface area contributed by atoms with Crippen molar-refractivity contribution in [1.82, 2.24) is 10.3 Å². The zero-order chi connectivity index (χ0) is 22.8. The molecule has 2 aromatic rings. The van der Waals surface area contributed by atoms with E-state index in [-0.39, 0.29) is 18.4 Å². The number of benzene rings is 1. The highest BCUT2D eigenvalue weighted by Crippen LogP contribution is 2.24. The molecule has 0 spiro atoms. The van der Waals surface area contributed by atoms with Crippen LogP contribution in [0.25, 0.3) is 0 Å². The van der Waals surface area contributed by atoms with Gasteiger partial charge in [-0.2, -0.15) is 0 Å². The number of aliphatic hydroxyl groups is 1. The third-order valence-electron chi connectivity index (χ3n) is 4.69. The maximum atomic E-state index is 12.0. The van der Waals surface area contributed by atoms with Crippen LogP contribution >= 0.6 is 0 Å². The van der Waals surface area contributed by atoms with E-state index in [2.05, 4.69) is 10.3 Å². The molecule has 0 bridgehead atoms. The third-order valence-corrected chi connectivity index (χ3v) is 5.64. The molecule has 0 saturated carbocycles. The van der Waals surface area contributed by atoms with Crippen molar-refractivity contribution in [2.24, 2.45) is 0 Å². The summed E-state index contributed by atoms with van der Waals surface area (Å²) in [4.78, 5) is 16.3. The highest BCUT2D eigenvalue weighted by atomic mass is 32.2. The van der Waals surface area contributed by atoms with Gasteiger partial charge in [0, 0.05) is 43.4 Å². The van der Waals surface area contributed by atoms with Crippen LogP contribution in [0.2, 0.25) is 0 Å². The molecule has 3 atom stereocenters. The van der Waals surface area contributed by atoms with Crippen LogP contribution in [0, 0.1) is 0 Å². The lowest BCUT2D eigenvalue weighted by Crippen LogP contribution is -2.31. The number of nitrogens with one attached hydrogen (secondary N) is 1. The van der Waals surface area contributed by atoms with Gasteiger partial charge in [0.2, 0.25) is 0 Å². The molecule has 0 aliphatic carbocycles. The van der Waals surface area contributed by atoms with Crippen molar-refractivity contribution in [2.75, 3.05) is 26.0 Å². The molecule has 0 amide bonds. The van der Waals surface area contributed by atoms with Crippen molar-refractivity contribution in [3.8, 4) is 5.75 Å². The fourth-order valence-corrected chi connectivity index (χ4v) is 3.56. The monoisotopic (exact) mass is 450 g/mol. The maximum Gasteiger partial charge on any atom is 0.338 e. The summed E-state index contributed by atoms with van der Waals surface area (Å²) in [6.07, 6.45) is 4.52. The number of nitrogens with zero attached hydrogens (tertiary/aromatic N) is 1. The van der Waals surface area contributed by atoms with Gasteiger partial charge in [0.15, 0.2) is 0 Å². The molecular weight excluding hydrogens is 420 g/mol. The third kappa shape index (κ3) is 7.70. The van der Waals surface area contributed by atoms with E-state index in [0.717, 1.165) is 0 Å². The summed E-state index contributed by atoms with van der Waals surface area (Å²) in [5, 5.41) is 23.4. The van der Waals surface area contributed by atoms with Crippen molar-refractivity contribution in [2.45, 2.75) is 43.9 Å². The molecule has 0 saturated heterocycles. The van der Waals surface area contributed by atoms with Crippen LogP contribution in [0.15, 0.2) is 41.6 Å². The molecule has 0 aliphatic heterocycles. The van der Waals surface area contributed by atoms with Gasteiger partial charge in [-0.25, -0.2) is 4.79 Å². The smallest absolute Gasteiger partial charge is 0.338 e. The lowest BCUT2D eigenvalue weighted by Gasteiger charge is -2.18. The van der Waals surface area contributed by atoms with Gasteiger partial charge in [-0.15, -0.1) is 0 Å². The van der Waals surface area contributed by atoms with E-state index in [9.17, 15) is 19.2 Å². The van der Waals surface area contributed by atoms with Gasteiger partial charge in [-0.3, -0.25) is 9.19 Å². The molecule has 1 aromatic heterocycles. The predicted octanol–water partition coefficient (Wildman–Crippen LogP) is 2.32. The number of phenols is 1. The van der Waals surface area contributed by atoms with E-state index in [1.165, 1.54) is 12.3 Å². The minimum absolute atomic E-state index is 0.0463. The number of esters is 1. The van der Waals surface area contributed by atoms with Gasteiger partial charge in [0.25, 0.3) is 0 Å². The molecule has 1 heterocycles. The Balaban J connectivity index is 1.77. The Morgan fingerprint density at radius 1 is 1.32 bits per heavy atom. The SMILES string of the molecule is CCOC(=O)c1ccncc1COCCC(C)NCC(O)c1ccc(O)c(S(C)=O)c1. The number of rotatable bonds is 12. The number of aromatic nitrogens is 1. The molecule has 3 N–H and O–H groups in total. The molecule has 2 rings (SSSR count). The van der Waals surface area contributed by atoms with Crippen molar-refractivity contribution >= 4 is 16.8 Å². The number of phenolic OH excluding ortho intramolecular Hbond substituents is 1. The summed E-state index contributed by atoms with van der Waals surface area (Å²) in [5.74, 6) is -0.438. The molecule has 1 aromatic carbocycles. The Morgan fingerprint density at radius 2 is 2.10 bits per heavy atom. The number of carbonyl (C=O) groups is 1. The molecule has 9 heteroatoms. The minimum Gasteiger partial charge on any atom is -0.507 e. The van der Waals surface area contributed by atoms with Crippen LogP contribution in [0.3, 0.4) is 0 Å². The van der Waals surface area contributed by atoms with E-state index >= 15 is 0 Å². The standard InChI is InChI=1S/C22H30N2O6S/c1-4-30-22(27)18-7-9-23-12-17(18)14-29-10-8-15(2)24-13-20(26)16-5-6-19(25)21(11-16)31(3)28/h5-7,9,11-12,15,20,24-26H,4,8,10,13-14H2,1-3H3. The number of aromatic hydroxyl groups is 1. The largest absolute Gasteiger partial charge is 0.507 e. The molecular formula is C22H30N2O6S. The number of hydrogen-bond acceptors (Lipinski definition) is 8. The Labute approximate surface area is 185 Å². The summed E-state index contributed by atoms with van der Waals surface area (Å²) in [6.45, 7) is 5.05. The van der Waals surface area contributed by atoms with Gasteiger partial charge in [-0.05, 0) is 44.0 Å². The number of hydrogen-bond donors (Lipinski definition) is 3. The van der Waals surface area contributed by atoms with E-state index in [1.54, 1.807) is 37.5 Å². The summed E-state index contributed by atoms with van der Waals surface area (Å²) in [6, 6.07) is 6.30. The van der Waals surface area contributed by atoms with Crippen molar-refractivity contribution in [3.63, 3.8) is 0 Å². The number of pyridine rings is 1. The van der Waals surface area contributed by atoms with E-state index < -0.39 is 22.9 Å². The number of ether oxygens (including phenoxy) is 2. The highest BCUT2D eigenvalue weighted by molar-refractivity contribution is 7.84. The zero-order valence-corrected chi connectivity index (χ0v) is 18.9. The first-order chi connectivity index (χ1) is 14.8. The van der Waals surface area contributed by atoms with Crippen molar-refractivity contribution < 1.29 is 28.7 Å². The normalized spacial score (nSPS) is 14.1. The Bertz CT molecular complexity index is 892. The van der Waals surface area contributed by atoms with Gasteiger partial charge in [0.1, 0.15) is 5.75 Å². The lowest BCUT2D eigenvalue weighted by molar-refractivity contribution is 0.0517. The summed E-state index contributed by atoms with van der Waals surface area (Å²) in [5.41, 5.74) is 1.71. The molecule has 170 valence electrons. The Morgan fingerprint density at radius 3 is 2.81 bits per heavy atom. The van der Waals surface area contributed by atoms with Crippen molar-refractivity contribution in [3.05, 3.63) is 53.3 Å². The zero-order valence-electron chi connectivity index (χ0n) is 18.0. The fraction of sp³-hybridized carbons (Fsp3) is 0.455. The first-order valence-electron chi connectivity index (χ1n) is 10.1. The first kappa shape index (κ1) is 24.9. The lowest BCUT2D eigenvalue weighted by atomic mass is 10.1. The van der Waals surface area contributed by atoms with Crippen molar-refractivity contribution in [1.29, 1.82) is 0 Å². The number of carbonyl (C=O) groups excluding carboxylic acids is 1. The molecule has 8 nitrogen and oxygen atoms in total. The Kier molecular flexibility index (Phi) is 10.1. The summed E-state index contributed by atoms with van der Waals surface area (Å²) >= 11 is 0. The summed E-state index contributed by atoms with van der Waals surface area (Å²) in [7, 11) is -1.34. The van der Waals surface area contributed by atoms with Gasteiger partial charge < -0.3 is 25.0 Å². The number of aliphatic hydroxyl groups excluding tert-OH is 1. The average Bonchev–Trinajstić information content (AvgIpc) is 2.75. The van der Waals surface area contributed by atoms with Gasteiger partial charge >= 0.3 is 5.97 Å². The van der Waals surface area contributed by atoms with Crippen LogP contribution in [-0.2, 0) is 26.9 Å². The second-order valence-electron chi connectivity index (χ2n) is 7.10. The van der Waals surface area contributed by atoms with Crippen LogP contribution in [0.1, 0.15) is 47.9 Å². The Hall–Kier alpha value is -2.33. The molecule has 3 unspecified atom stereocenters. The highest BCUT2D eigenvalue weighted by Gasteiger charge is 2.15. The summed E-state index contributed by atoms with van der Waals surface area (Å²) < 4.78 is 22.4. The van der Waals surface area contributed by atoms with Crippen LogP contribution < -0.4 is 5.32 Å². The van der Waals surface area contributed by atoms with E-state index in [0.29, 0.717) is 47.8 Å². The van der Waals surface area contributed by atoms with Gasteiger partial charge in [-0.1, -0.05) is 6.07 Å². The minimum atomic E-state index is -1.34. The van der Waals surface area contributed by atoms with Crippen LogP contribution in [-0.4, -0.2) is 57.4 Å². The average molecular weight is 451 g/mol. The van der Waals surface area contributed by atoms with Crippen LogP contribution in [0.5, 0.6) is 5.75 Å². The topological polar surface area (TPSA) is 118 Å². The first-order valence-corrected chi connectivity index (χ1v) is 11.6. The molecule has 0 radical (unpaired) electrons. The maximum absolute atomic E-state index is 12.0. The molecule has 31 heavy (non-hydrogen) atoms.